The van der Waals surface area contributed by atoms with Crippen LogP contribution >= 0.6 is 15.9 Å². The van der Waals surface area contributed by atoms with Gasteiger partial charge in [-0.3, -0.25) is 29.5 Å². The number of halogens is 1. The highest BCUT2D eigenvalue weighted by atomic mass is 79.9. The summed E-state index contributed by atoms with van der Waals surface area (Å²) in [5, 5.41) is 13.0. The number of allylic oxidation sites excluding steroid dienone is 2. The number of aryl methyl sites for hydroxylation is 1. The van der Waals surface area contributed by atoms with Crippen LogP contribution in [0.1, 0.15) is 35.4 Å². The molecule has 0 unspecified atom stereocenters. The van der Waals surface area contributed by atoms with Gasteiger partial charge in [0.1, 0.15) is 0 Å². The lowest BCUT2D eigenvalue weighted by Crippen LogP contribution is -2.53. The monoisotopic (exact) mass is 731 g/mol. The van der Waals surface area contributed by atoms with Gasteiger partial charge in [-0.15, -0.1) is 0 Å². The first-order valence-electron chi connectivity index (χ1n) is 16.6. The number of ether oxygens (including phenoxy) is 1. The molecule has 4 aromatic rings. The normalized spacial score (nSPS) is 27.1. The van der Waals surface area contributed by atoms with Gasteiger partial charge in [-0.2, -0.15) is 5.01 Å². The number of rotatable bonds is 6. The maximum absolute atomic E-state index is 15.3. The fourth-order valence-corrected chi connectivity index (χ4v) is 9.35. The van der Waals surface area contributed by atoms with Gasteiger partial charge < -0.3 is 9.84 Å². The number of hydrogen-bond donors (Lipinski definition) is 2. The van der Waals surface area contributed by atoms with Crippen molar-refractivity contribution in [2.45, 2.75) is 31.1 Å². The minimum Gasteiger partial charge on any atom is -0.504 e. The molecule has 2 N–H and O–H groups in total. The second-order valence-corrected chi connectivity index (χ2v) is 14.4. The summed E-state index contributed by atoms with van der Waals surface area (Å²) in [5.41, 5.74) is 5.41. The Morgan fingerprint density at radius 3 is 2.22 bits per heavy atom. The first kappa shape index (κ1) is 32.0. The molecule has 9 nitrogen and oxygen atoms in total. The third-order valence-corrected chi connectivity index (χ3v) is 11.5. The molecule has 3 fully saturated rings. The van der Waals surface area contributed by atoms with Crippen LogP contribution in [0.5, 0.6) is 11.5 Å². The number of fused-ring (bicyclic) bond motifs is 4. The molecule has 4 aliphatic rings. The highest BCUT2D eigenvalue weighted by Gasteiger charge is 2.70. The van der Waals surface area contributed by atoms with E-state index in [9.17, 15) is 19.5 Å². The molecule has 1 saturated carbocycles. The van der Waals surface area contributed by atoms with Crippen molar-refractivity contribution in [3.8, 4) is 11.5 Å². The van der Waals surface area contributed by atoms with E-state index in [1.807, 2.05) is 73.7 Å². The van der Waals surface area contributed by atoms with Gasteiger partial charge in [0.25, 0.3) is 11.8 Å². The number of amides is 4. The van der Waals surface area contributed by atoms with Crippen LogP contribution in [0.2, 0.25) is 0 Å². The number of benzene rings is 4. The maximum Gasteiger partial charge on any atom is 0.260 e. The van der Waals surface area contributed by atoms with Gasteiger partial charge in [-0.1, -0.05) is 93.8 Å². The molecule has 2 aliphatic carbocycles. The third-order valence-electron chi connectivity index (χ3n) is 11.0. The Balaban J connectivity index is 1.36. The highest BCUT2D eigenvalue weighted by molar-refractivity contribution is 9.10. The summed E-state index contributed by atoms with van der Waals surface area (Å²) >= 11 is 3.58. The van der Waals surface area contributed by atoms with Crippen LogP contribution in [-0.4, -0.2) is 40.9 Å². The van der Waals surface area contributed by atoms with Gasteiger partial charge in [-0.05, 0) is 67.6 Å². The summed E-state index contributed by atoms with van der Waals surface area (Å²) in [6.07, 6.45) is 2.40. The zero-order valence-electron chi connectivity index (χ0n) is 27.4. The van der Waals surface area contributed by atoms with Crippen molar-refractivity contribution in [1.29, 1.82) is 0 Å². The summed E-state index contributed by atoms with van der Waals surface area (Å²) in [5.74, 6) is -5.26. The van der Waals surface area contributed by atoms with E-state index in [0.29, 0.717) is 27.0 Å². The first-order chi connectivity index (χ1) is 24.2. The number of aromatic hydroxyl groups is 1. The first-order valence-corrected chi connectivity index (χ1v) is 17.4. The smallest absolute Gasteiger partial charge is 0.260 e. The molecule has 0 aromatic heterocycles. The summed E-state index contributed by atoms with van der Waals surface area (Å²) in [6.45, 7) is 1.95. The number of methoxy groups -OCH3 is 1. The second-order valence-electron chi connectivity index (χ2n) is 13.5. The van der Waals surface area contributed by atoms with Crippen LogP contribution in [-0.2, 0) is 24.6 Å². The van der Waals surface area contributed by atoms with E-state index in [2.05, 4.69) is 21.4 Å². The maximum atomic E-state index is 15.3. The minimum absolute atomic E-state index is 0.155. The number of phenolic OH excluding ortho intramolecular Hbond substituents is 1. The number of anilines is 2. The van der Waals surface area contributed by atoms with Crippen LogP contribution in [0.15, 0.2) is 113 Å². The SMILES string of the molecule is COc1cc(Br)cc([C@H]2C3=CC[C@@H]4C(=O)N(c5ccccc5)C(=O)[C@@H]4[C@@H]3C[C@H]3C(=O)N(Nc4ccc(C)cc4)C(=O)[C@@]23c2ccccc2)c1O. The molecule has 0 bridgehead atoms. The van der Waals surface area contributed by atoms with Crippen molar-refractivity contribution in [1.82, 2.24) is 5.01 Å². The number of imide groups is 2. The largest absolute Gasteiger partial charge is 0.504 e. The van der Waals surface area contributed by atoms with Gasteiger partial charge in [0.05, 0.1) is 41.7 Å². The fraction of sp³-hybridized carbons (Fsp3) is 0.250. The second kappa shape index (κ2) is 12.0. The predicted molar refractivity (Wildman–Crippen MR) is 190 cm³/mol. The Morgan fingerprint density at radius 1 is 0.860 bits per heavy atom. The zero-order valence-corrected chi connectivity index (χ0v) is 29.0. The lowest BCUT2D eigenvalue weighted by atomic mass is 9.49. The summed E-state index contributed by atoms with van der Waals surface area (Å²) in [7, 11) is 1.45. The van der Waals surface area contributed by atoms with E-state index in [-0.39, 0.29) is 36.2 Å². The van der Waals surface area contributed by atoms with Gasteiger partial charge >= 0.3 is 0 Å². The Kier molecular flexibility index (Phi) is 7.67. The van der Waals surface area contributed by atoms with Crippen molar-refractivity contribution >= 4 is 50.9 Å². The molecule has 0 spiro atoms. The summed E-state index contributed by atoms with van der Waals surface area (Å²) in [6, 6.07) is 28.9. The topological polar surface area (TPSA) is 116 Å². The molecule has 4 aromatic carbocycles. The van der Waals surface area contributed by atoms with Crippen LogP contribution in [0, 0.1) is 30.6 Å². The van der Waals surface area contributed by atoms with E-state index >= 15 is 4.79 Å². The molecular formula is C40H34BrN3O6. The van der Waals surface area contributed by atoms with Crippen molar-refractivity contribution in [3.63, 3.8) is 0 Å². The molecule has 4 amide bonds. The Morgan fingerprint density at radius 2 is 1.54 bits per heavy atom. The Hall–Kier alpha value is -5.22. The number of hydrogen-bond acceptors (Lipinski definition) is 7. The fourth-order valence-electron chi connectivity index (χ4n) is 8.89. The molecule has 2 aliphatic heterocycles. The number of nitrogens with one attached hydrogen (secondary N) is 1. The lowest BCUT2D eigenvalue weighted by Gasteiger charge is -2.50. The number of nitrogens with zero attached hydrogens (tertiary/aromatic N) is 2. The summed E-state index contributed by atoms with van der Waals surface area (Å²) in [4.78, 5) is 59.7. The predicted octanol–water partition coefficient (Wildman–Crippen LogP) is 6.66. The van der Waals surface area contributed by atoms with E-state index in [4.69, 9.17) is 4.74 Å². The Labute approximate surface area is 297 Å². The van der Waals surface area contributed by atoms with Crippen molar-refractivity contribution < 1.29 is 29.0 Å². The molecule has 10 heteroatoms. The number of carbonyl (C=O) groups excluding carboxylic acids is 4. The molecular weight excluding hydrogens is 698 g/mol. The third kappa shape index (κ3) is 4.57. The molecule has 2 heterocycles. The lowest BCUT2D eigenvalue weighted by molar-refractivity contribution is -0.138. The average Bonchev–Trinajstić information content (AvgIpc) is 3.51. The van der Waals surface area contributed by atoms with Crippen molar-refractivity contribution in [3.05, 3.63) is 130 Å². The number of hydrazine groups is 1. The average molecular weight is 733 g/mol. The minimum atomic E-state index is -1.51. The van der Waals surface area contributed by atoms with Gasteiger partial charge in [0, 0.05) is 16.0 Å². The van der Waals surface area contributed by atoms with Crippen molar-refractivity contribution in [2.24, 2.45) is 23.7 Å². The van der Waals surface area contributed by atoms with Crippen LogP contribution in [0.3, 0.4) is 0 Å². The van der Waals surface area contributed by atoms with Crippen LogP contribution in [0.25, 0.3) is 0 Å². The van der Waals surface area contributed by atoms with E-state index in [1.54, 1.807) is 36.4 Å². The van der Waals surface area contributed by atoms with Crippen LogP contribution in [0.4, 0.5) is 11.4 Å². The quantitative estimate of drug-likeness (QED) is 0.168. The van der Waals surface area contributed by atoms with Gasteiger partial charge in [0.2, 0.25) is 11.8 Å². The van der Waals surface area contributed by atoms with Gasteiger partial charge in [0.15, 0.2) is 11.5 Å². The number of phenols is 1. The van der Waals surface area contributed by atoms with E-state index < -0.39 is 46.8 Å². The number of carbonyl (C=O) groups is 4. The van der Waals surface area contributed by atoms with Crippen LogP contribution < -0.4 is 15.1 Å². The molecule has 252 valence electrons. The molecule has 2 saturated heterocycles. The zero-order chi connectivity index (χ0) is 34.9. The summed E-state index contributed by atoms with van der Waals surface area (Å²) < 4.78 is 6.19. The van der Waals surface area contributed by atoms with Gasteiger partial charge in [-0.25, -0.2) is 0 Å². The molecule has 6 atom stereocenters. The molecule has 50 heavy (non-hydrogen) atoms. The standard InChI is InChI=1S/C40H34BrN3O6/c1-22-13-15-25(16-14-22)42-44-37(47)31-21-29-27(17-18-28-33(29)38(48)43(36(28)46)26-11-7-4-8-12-26)34(30-19-24(41)20-32(50-2)35(30)45)40(31,39(44)49)23-9-5-3-6-10-23/h3-17,19-20,28-29,31,33-34,42,45H,18,21H2,1-2H3/t28-,29+,31-,33-,34+,40+/m0/s1. The molecule has 8 rings (SSSR count). The molecule has 0 radical (unpaired) electrons. The van der Waals surface area contributed by atoms with E-state index in [0.717, 1.165) is 16.1 Å². The van der Waals surface area contributed by atoms with Crippen molar-refractivity contribution in [2.75, 3.05) is 17.4 Å². The Bertz CT molecular complexity index is 2090. The van der Waals surface area contributed by atoms with E-state index in [1.165, 1.54) is 12.0 Å². The highest BCUT2D eigenvalue weighted by Crippen LogP contribution is 2.65. The number of para-hydroxylation sites is 1.